The molecule has 0 fully saturated rings. The minimum Gasteiger partial charge on any atom is -0.289 e. The number of halogens is 2. The molecule has 0 bridgehead atoms. The monoisotopic (exact) mass is 339 g/mol. The Hall–Kier alpha value is -1.89. The molecule has 6 nitrogen and oxygen atoms in total. The summed E-state index contributed by atoms with van der Waals surface area (Å²) in [5.41, 5.74) is 5.70. The van der Waals surface area contributed by atoms with E-state index in [2.05, 4.69) is 27.4 Å². The Morgan fingerprint density at radius 2 is 2.09 bits per heavy atom. The van der Waals surface area contributed by atoms with Gasteiger partial charge in [0.2, 0.25) is 5.95 Å². The van der Waals surface area contributed by atoms with E-state index in [1.807, 2.05) is 6.92 Å². The molecular weight excluding hydrogens is 325 g/mol. The van der Waals surface area contributed by atoms with Crippen molar-refractivity contribution in [1.29, 1.82) is 0 Å². The highest BCUT2D eigenvalue weighted by Crippen LogP contribution is 2.24. The molecule has 0 spiro atoms. The number of hydrogen-bond donors (Lipinski definition) is 2. The number of hydrazine groups is 1. The van der Waals surface area contributed by atoms with Gasteiger partial charge in [-0.1, -0.05) is 36.2 Å². The number of nitrogens with one attached hydrogen (secondary N) is 2. The zero-order valence-corrected chi connectivity index (χ0v) is 13.4. The molecule has 0 unspecified atom stereocenters. The molecule has 0 amide bonds. The van der Waals surface area contributed by atoms with Crippen LogP contribution in [-0.2, 0) is 6.42 Å². The fourth-order valence-corrected chi connectivity index (χ4v) is 2.12. The maximum absolute atomic E-state index is 12.3. The van der Waals surface area contributed by atoms with Crippen molar-refractivity contribution in [2.24, 2.45) is 0 Å². The molecule has 1 aromatic heterocycles. The fourth-order valence-electron chi connectivity index (χ4n) is 1.83. The van der Waals surface area contributed by atoms with Crippen molar-refractivity contribution in [2.75, 3.05) is 12.0 Å². The Morgan fingerprint density at radius 3 is 2.73 bits per heavy atom. The molecule has 0 atom stereocenters. The summed E-state index contributed by atoms with van der Waals surface area (Å²) < 4.78 is 1.40. The van der Waals surface area contributed by atoms with E-state index < -0.39 is 5.69 Å². The van der Waals surface area contributed by atoms with Crippen LogP contribution in [0.15, 0.2) is 35.6 Å². The first-order valence-electron chi connectivity index (χ1n) is 6.62. The minimum atomic E-state index is -0.451. The predicted octanol–water partition coefficient (Wildman–Crippen LogP) is 2.60. The highest BCUT2D eigenvalue weighted by Gasteiger charge is 2.11. The number of aryl methyl sites for hydroxylation is 1. The lowest BCUT2D eigenvalue weighted by atomic mass is 10.3. The highest BCUT2D eigenvalue weighted by molar-refractivity contribution is 6.42. The van der Waals surface area contributed by atoms with Crippen LogP contribution < -0.4 is 16.5 Å². The van der Waals surface area contributed by atoms with E-state index in [1.54, 1.807) is 24.3 Å². The van der Waals surface area contributed by atoms with Crippen molar-refractivity contribution in [1.82, 2.24) is 20.0 Å². The van der Waals surface area contributed by atoms with Gasteiger partial charge < -0.3 is 0 Å². The lowest BCUT2D eigenvalue weighted by molar-refractivity contribution is 0.754. The second-order valence-electron chi connectivity index (χ2n) is 4.33. The molecule has 0 aliphatic heterocycles. The Morgan fingerprint density at radius 1 is 1.32 bits per heavy atom. The van der Waals surface area contributed by atoms with Gasteiger partial charge in [-0.2, -0.15) is 9.97 Å². The Kier molecular flexibility index (Phi) is 5.54. The van der Waals surface area contributed by atoms with Gasteiger partial charge in [-0.15, -0.1) is 6.58 Å². The van der Waals surface area contributed by atoms with Gasteiger partial charge in [0.05, 0.1) is 15.7 Å². The third-order valence-corrected chi connectivity index (χ3v) is 3.55. The number of anilines is 1. The van der Waals surface area contributed by atoms with Crippen LogP contribution in [0.1, 0.15) is 12.7 Å². The average molecular weight is 340 g/mol. The summed E-state index contributed by atoms with van der Waals surface area (Å²) in [6.45, 7) is 5.99. The molecule has 116 valence electrons. The van der Waals surface area contributed by atoms with Crippen molar-refractivity contribution in [3.63, 3.8) is 0 Å². The first-order chi connectivity index (χ1) is 10.6. The predicted molar refractivity (Wildman–Crippen MR) is 88.8 cm³/mol. The molecule has 0 saturated heterocycles. The van der Waals surface area contributed by atoms with E-state index in [0.717, 1.165) is 0 Å². The molecule has 2 rings (SSSR count). The third kappa shape index (κ3) is 3.65. The second kappa shape index (κ2) is 7.40. The molecule has 8 heteroatoms. The smallest absolute Gasteiger partial charge is 0.289 e. The summed E-state index contributed by atoms with van der Waals surface area (Å²) in [6.07, 6.45) is 2.22. The van der Waals surface area contributed by atoms with Crippen molar-refractivity contribution in [3.05, 3.63) is 57.2 Å². The van der Waals surface area contributed by atoms with Gasteiger partial charge in [0.25, 0.3) is 0 Å². The van der Waals surface area contributed by atoms with Crippen molar-refractivity contribution >= 4 is 29.2 Å². The third-order valence-electron chi connectivity index (χ3n) is 2.81. The molecule has 0 saturated carbocycles. The zero-order valence-electron chi connectivity index (χ0n) is 11.9. The molecular formula is C14H15Cl2N5O. The van der Waals surface area contributed by atoms with Gasteiger partial charge in [0, 0.05) is 13.0 Å². The summed E-state index contributed by atoms with van der Waals surface area (Å²) in [6, 6.07) is 4.93. The quantitative estimate of drug-likeness (QED) is 0.480. The van der Waals surface area contributed by atoms with Crippen LogP contribution in [0.5, 0.6) is 0 Å². The zero-order chi connectivity index (χ0) is 16.1. The summed E-state index contributed by atoms with van der Waals surface area (Å²) in [5.74, 6) is 0.765. The average Bonchev–Trinajstić information content (AvgIpc) is 2.50. The molecule has 0 aliphatic carbocycles. The van der Waals surface area contributed by atoms with E-state index in [9.17, 15) is 4.79 Å². The van der Waals surface area contributed by atoms with Gasteiger partial charge in [0.1, 0.15) is 5.82 Å². The van der Waals surface area contributed by atoms with E-state index in [-0.39, 0.29) is 5.95 Å². The largest absolute Gasteiger partial charge is 0.356 e. The van der Waals surface area contributed by atoms with Crippen LogP contribution in [-0.4, -0.2) is 21.1 Å². The number of benzene rings is 1. The molecule has 0 radical (unpaired) electrons. The summed E-state index contributed by atoms with van der Waals surface area (Å²) >= 11 is 11.9. The van der Waals surface area contributed by atoms with E-state index in [1.165, 1.54) is 4.57 Å². The van der Waals surface area contributed by atoms with Gasteiger partial charge in [-0.05, 0) is 18.2 Å². The normalized spacial score (nSPS) is 10.5. The lowest BCUT2D eigenvalue weighted by Crippen LogP contribution is -2.31. The molecule has 22 heavy (non-hydrogen) atoms. The van der Waals surface area contributed by atoms with Gasteiger partial charge in [-0.25, -0.2) is 14.8 Å². The van der Waals surface area contributed by atoms with Crippen LogP contribution >= 0.6 is 23.2 Å². The van der Waals surface area contributed by atoms with Gasteiger partial charge >= 0.3 is 5.69 Å². The first kappa shape index (κ1) is 16.5. The Labute approximate surface area is 137 Å². The maximum atomic E-state index is 12.3. The van der Waals surface area contributed by atoms with Crippen molar-refractivity contribution in [3.8, 4) is 5.69 Å². The number of nitrogens with zero attached hydrogens (tertiary/aromatic N) is 3. The summed E-state index contributed by atoms with van der Waals surface area (Å²) in [4.78, 5) is 20.5. The Balaban J connectivity index is 2.45. The van der Waals surface area contributed by atoms with Crippen LogP contribution in [0.3, 0.4) is 0 Å². The van der Waals surface area contributed by atoms with E-state index >= 15 is 0 Å². The van der Waals surface area contributed by atoms with Crippen molar-refractivity contribution in [2.45, 2.75) is 13.3 Å². The van der Waals surface area contributed by atoms with Crippen molar-refractivity contribution < 1.29 is 0 Å². The van der Waals surface area contributed by atoms with Crippen LogP contribution in [0.2, 0.25) is 10.0 Å². The molecule has 1 aromatic carbocycles. The summed E-state index contributed by atoms with van der Waals surface area (Å²) in [7, 11) is 0. The molecule has 1 heterocycles. The van der Waals surface area contributed by atoms with E-state index in [0.29, 0.717) is 34.5 Å². The van der Waals surface area contributed by atoms with E-state index in [4.69, 9.17) is 23.2 Å². The fraction of sp³-hybridized carbons (Fsp3) is 0.214. The maximum Gasteiger partial charge on any atom is 0.356 e. The summed E-state index contributed by atoms with van der Waals surface area (Å²) in [5, 5.41) is 0.785. The van der Waals surface area contributed by atoms with Gasteiger partial charge in [0.15, 0.2) is 0 Å². The van der Waals surface area contributed by atoms with Gasteiger partial charge in [-0.3, -0.25) is 5.43 Å². The standard InChI is InChI=1S/C14H15Cl2N5O/c1-3-7-17-20-13-18-12(4-2)21(14(22)19-13)9-5-6-10(15)11(16)8-9/h3,5-6,8,17H,1,4,7H2,2H3,(H,19,20,22). The van der Waals surface area contributed by atoms with Crippen LogP contribution in [0, 0.1) is 0 Å². The number of hydrogen-bond acceptors (Lipinski definition) is 5. The molecule has 2 N–H and O–H groups in total. The van der Waals surface area contributed by atoms with Crippen LogP contribution in [0.25, 0.3) is 5.69 Å². The lowest BCUT2D eigenvalue weighted by Gasteiger charge is -2.13. The first-order valence-corrected chi connectivity index (χ1v) is 7.37. The minimum absolute atomic E-state index is 0.208. The highest BCUT2D eigenvalue weighted by atomic mass is 35.5. The number of rotatable bonds is 6. The second-order valence-corrected chi connectivity index (χ2v) is 5.14. The SMILES string of the molecule is C=CCNNc1nc(CC)n(-c2ccc(Cl)c(Cl)c2)c(=O)n1. The molecule has 0 aliphatic rings. The number of aromatic nitrogens is 3. The Bertz CT molecular complexity index is 744. The topological polar surface area (TPSA) is 71.8 Å². The van der Waals surface area contributed by atoms with Crippen LogP contribution in [0.4, 0.5) is 5.95 Å². The molecule has 2 aromatic rings.